The number of nitrogen functional groups attached to an aromatic ring is 1. The van der Waals surface area contributed by atoms with Crippen molar-refractivity contribution in [2.24, 2.45) is 0 Å². The maximum absolute atomic E-state index is 5.81. The van der Waals surface area contributed by atoms with Gasteiger partial charge in [-0.1, -0.05) is 12.2 Å². The highest BCUT2D eigenvalue weighted by Gasteiger charge is 2.11. The van der Waals surface area contributed by atoms with Crippen LogP contribution >= 0.6 is 11.3 Å². The van der Waals surface area contributed by atoms with E-state index >= 15 is 0 Å². The second-order valence-corrected chi connectivity index (χ2v) is 4.97. The molecule has 2 aromatic heterocycles. The minimum absolute atomic E-state index is 0.576. The van der Waals surface area contributed by atoms with Crippen LogP contribution in [0.25, 0.3) is 10.2 Å². The first-order valence-corrected chi connectivity index (χ1v) is 6.01. The molecule has 2 N–H and O–H groups in total. The van der Waals surface area contributed by atoms with Gasteiger partial charge < -0.3 is 5.73 Å². The molecule has 0 spiro atoms. The van der Waals surface area contributed by atoms with Gasteiger partial charge in [0.25, 0.3) is 0 Å². The van der Waals surface area contributed by atoms with Gasteiger partial charge >= 0.3 is 0 Å². The van der Waals surface area contributed by atoms with Crippen LogP contribution in [0.4, 0.5) is 5.82 Å². The second-order valence-electron chi connectivity index (χ2n) is 3.86. The number of anilines is 1. The summed E-state index contributed by atoms with van der Waals surface area (Å²) in [5.41, 5.74) is 5.81. The van der Waals surface area contributed by atoms with Gasteiger partial charge in [0.15, 0.2) is 0 Å². The SMILES string of the molecule is Nc1ncnc2sc(CN3CC=CC3)cc12. The molecule has 1 aliphatic rings. The quantitative estimate of drug-likeness (QED) is 0.800. The highest BCUT2D eigenvalue weighted by molar-refractivity contribution is 7.18. The third-order valence-corrected chi connectivity index (χ3v) is 3.71. The normalized spacial score (nSPS) is 16.2. The Morgan fingerprint density at radius 2 is 2.12 bits per heavy atom. The van der Waals surface area contributed by atoms with E-state index in [0.717, 1.165) is 29.9 Å². The average molecular weight is 232 g/mol. The van der Waals surface area contributed by atoms with Gasteiger partial charge in [-0.25, -0.2) is 9.97 Å². The molecule has 0 atom stereocenters. The molecule has 0 aromatic carbocycles. The van der Waals surface area contributed by atoms with E-state index in [-0.39, 0.29) is 0 Å². The standard InChI is InChI=1S/C11H12N4S/c12-10-9-5-8(6-15-3-1-2-4-15)16-11(9)14-7-13-10/h1-2,5,7H,3-4,6H2,(H2,12,13,14). The molecule has 0 saturated heterocycles. The summed E-state index contributed by atoms with van der Waals surface area (Å²) < 4.78 is 0. The van der Waals surface area contributed by atoms with Gasteiger partial charge in [0.2, 0.25) is 0 Å². The van der Waals surface area contributed by atoms with Crippen LogP contribution in [-0.4, -0.2) is 28.0 Å². The predicted octanol–water partition coefficient (Wildman–Crippen LogP) is 1.65. The Hall–Kier alpha value is -1.46. The molecule has 16 heavy (non-hydrogen) atoms. The first-order chi connectivity index (χ1) is 7.83. The zero-order valence-corrected chi connectivity index (χ0v) is 9.57. The molecule has 3 heterocycles. The number of rotatable bonds is 2. The van der Waals surface area contributed by atoms with E-state index in [0.29, 0.717) is 5.82 Å². The van der Waals surface area contributed by atoms with Crippen molar-refractivity contribution in [3.63, 3.8) is 0 Å². The molecule has 1 aliphatic heterocycles. The summed E-state index contributed by atoms with van der Waals surface area (Å²) in [6.07, 6.45) is 5.92. The fourth-order valence-electron chi connectivity index (χ4n) is 1.87. The summed E-state index contributed by atoms with van der Waals surface area (Å²) in [7, 11) is 0. The van der Waals surface area contributed by atoms with E-state index in [9.17, 15) is 0 Å². The zero-order chi connectivity index (χ0) is 11.0. The topological polar surface area (TPSA) is 55.0 Å². The predicted molar refractivity (Wildman–Crippen MR) is 66.2 cm³/mol. The van der Waals surface area contributed by atoms with Crippen molar-refractivity contribution in [3.05, 3.63) is 29.4 Å². The molecule has 4 nitrogen and oxygen atoms in total. The molecule has 82 valence electrons. The average Bonchev–Trinajstić information content (AvgIpc) is 2.88. The monoisotopic (exact) mass is 232 g/mol. The Bertz CT molecular complexity index is 538. The molecule has 3 rings (SSSR count). The van der Waals surface area contributed by atoms with E-state index in [1.807, 2.05) is 0 Å². The van der Waals surface area contributed by atoms with Crippen molar-refractivity contribution in [2.45, 2.75) is 6.54 Å². The number of fused-ring (bicyclic) bond motifs is 1. The maximum atomic E-state index is 5.81. The maximum Gasteiger partial charge on any atom is 0.135 e. The smallest absolute Gasteiger partial charge is 0.135 e. The van der Waals surface area contributed by atoms with E-state index in [4.69, 9.17) is 5.73 Å². The summed E-state index contributed by atoms with van der Waals surface area (Å²) in [5.74, 6) is 0.576. The van der Waals surface area contributed by atoms with Crippen molar-refractivity contribution in [1.82, 2.24) is 14.9 Å². The Morgan fingerprint density at radius 3 is 2.88 bits per heavy atom. The van der Waals surface area contributed by atoms with Crippen molar-refractivity contribution < 1.29 is 0 Å². The third kappa shape index (κ3) is 1.68. The molecule has 0 aliphatic carbocycles. The largest absolute Gasteiger partial charge is 0.383 e. The van der Waals surface area contributed by atoms with Gasteiger partial charge in [0.1, 0.15) is 17.0 Å². The highest BCUT2D eigenvalue weighted by Crippen LogP contribution is 2.27. The van der Waals surface area contributed by atoms with Crippen molar-refractivity contribution in [2.75, 3.05) is 18.8 Å². The molecular formula is C11H12N4S. The van der Waals surface area contributed by atoms with Gasteiger partial charge in [0.05, 0.1) is 5.39 Å². The second kappa shape index (κ2) is 3.84. The van der Waals surface area contributed by atoms with Crippen LogP contribution in [-0.2, 0) is 6.54 Å². The van der Waals surface area contributed by atoms with Gasteiger partial charge in [-0.3, -0.25) is 4.90 Å². The molecule has 0 saturated carbocycles. The minimum atomic E-state index is 0.576. The summed E-state index contributed by atoms with van der Waals surface area (Å²) in [4.78, 5) is 12.9. The van der Waals surface area contributed by atoms with Crippen LogP contribution < -0.4 is 5.73 Å². The molecule has 0 fully saturated rings. The Labute approximate surface area is 97.4 Å². The lowest BCUT2D eigenvalue weighted by Crippen LogP contribution is -2.18. The molecule has 0 amide bonds. The van der Waals surface area contributed by atoms with Crippen LogP contribution in [0.2, 0.25) is 0 Å². The summed E-state index contributed by atoms with van der Waals surface area (Å²) in [5, 5.41) is 0.981. The summed E-state index contributed by atoms with van der Waals surface area (Å²) in [6.45, 7) is 3.04. The number of hydrogen-bond donors (Lipinski definition) is 1. The van der Waals surface area contributed by atoms with E-state index < -0.39 is 0 Å². The van der Waals surface area contributed by atoms with Crippen molar-refractivity contribution in [1.29, 1.82) is 0 Å². The lowest BCUT2D eigenvalue weighted by atomic mass is 10.3. The Kier molecular flexibility index (Phi) is 2.34. The van der Waals surface area contributed by atoms with E-state index in [2.05, 4.69) is 33.1 Å². The fourth-order valence-corrected chi connectivity index (χ4v) is 2.92. The van der Waals surface area contributed by atoms with Crippen molar-refractivity contribution in [3.8, 4) is 0 Å². The molecule has 0 radical (unpaired) electrons. The molecule has 0 bridgehead atoms. The number of hydrogen-bond acceptors (Lipinski definition) is 5. The molecule has 0 unspecified atom stereocenters. The summed E-state index contributed by atoms with van der Waals surface area (Å²) >= 11 is 1.70. The summed E-state index contributed by atoms with van der Waals surface area (Å²) in [6, 6.07) is 2.10. The van der Waals surface area contributed by atoms with E-state index in [1.165, 1.54) is 11.2 Å². The van der Waals surface area contributed by atoms with Crippen LogP contribution in [0.3, 0.4) is 0 Å². The zero-order valence-electron chi connectivity index (χ0n) is 8.76. The van der Waals surface area contributed by atoms with Gasteiger partial charge in [0, 0.05) is 24.5 Å². The van der Waals surface area contributed by atoms with Crippen LogP contribution in [0, 0.1) is 0 Å². The first kappa shape index (κ1) is 9.74. The minimum Gasteiger partial charge on any atom is -0.383 e. The molecule has 2 aromatic rings. The number of nitrogens with two attached hydrogens (primary N) is 1. The molecule has 5 heteroatoms. The lowest BCUT2D eigenvalue weighted by Gasteiger charge is -2.12. The molecular weight excluding hydrogens is 220 g/mol. The number of aromatic nitrogens is 2. The highest BCUT2D eigenvalue weighted by atomic mass is 32.1. The van der Waals surface area contributed by atoms with Gasteiger partial charge in [-0.15, -0.1) is 11.3 Å². The van der Waals surface area contributed by atoms with Crippen LogP contribution in [0.1, 0.15) is 4.88 Å². The fraction of sp³-hybridized carbons (Fsp3) is 0.273. The number of nitrogens with zero attached hydrogens (tertiary/aromatic N) is 3. The Morgan fingerprint density at radius 1 is 1.31 bits per heavy atom. The number of thiophene rings is 1. The van der Waals surface area contributed by atoms with E-state index in [1.54, 1.807) is 11.3 Å². The Balaban J connectivity index is 1.90. The van der Waals surface area contributed by atoms with Gasteiger partial charge in [-0.2, -0.15) is 0 Å². The van der Waals surface area contributed by atoms with Crippen LogP contribution in [0.5, 0.6) is 0 Å². The van der Waals surface area contributed by atoms with Crippen molar-refractivity contribution >= 4 is 27.4 Å². The lowest BCUT2D eigenvalue weighted by molar-refractivity contribution is 0.348. The first-order valence-electron chi connectivity index (χ1n) is 5.19. The third-order valence-electron chi connectivity index (χ3n) is 2.68. The van der Waals surface area contributed by atoms with Gasteiger partial charge in [-0.05, 0) is 6.07 Å². The van der Waals surface area contributed by atoms with Crippen LogP contribution in [0.15, 0.2) is 24.5 Å².